The van der Waals surface area contributed by atoms with Gasteiger partial charge in [-0.3, -0.25) is 10.1 Å². The molecule has 0 radical (unpaired) electrons. The van der Waals surface area contributed by atoms with Crippen LogP contribution < -0.4 is 14.8 Å². The van der Waals surface area contributed by atoms with Gasteiger partial charge in [0.25, 0.3) is 5.91 Å². The zero-order valence-corrected chi connectivity index (χ0v) is 15.9. The fourth-order valence-corrected chi connectivity index (χ4v) is 3.11. The van der Waals surface area contributed by atoms with Crippen LogP contribution in [0.1, 0.15) is 5.56 Å². The first kappa shape index (κ1) is 18.2. The Bertz CT molecular complexity index is 927. The maximum absolute atomic E-state index is 12.1. The maximum atomic E-state index is 12.1. The molecule has 0 saturated carbocycles. The Morgan fingerprint density at radius 3 is 2.85 bits per heavy atom. The van der Waals surface area contributed by atoms with Crippen molar-refractivity contribution in [2.24, 2.45) is 0 Å². The fraction of sp³-hybridized carbons (Fsp3) is 0.158. The van der Waals surface area contributed by atoms with E-state index in [4.69, 9.17) is 21.1 Å². The molecule has 134 valence electrons. The number of rotatable bonds is 6. The van der Waals surface area contributed by atoms with Crippen LogP contribution in [0.25, 0.3) is 11.3 Å². The van der Waals surface area contributed by atoms with E-state index >= 15 is 0 Å². The van der Waals surface area contributed by atoms with Gasteiger partial charge < -0.3 is 9.47 Å². The molecule has 0 fully saturated rings. The highest BCUT2D eigenvalue weighted by Gasteiger charge is 2.10. The van der Waals surface area contributed by atoms with E-state index in [9.17, 15) is 4.79 Å². The zero-order valence-electron chi connectivity index (χ0n) is 14.3. The van der Waals surface area contributed by atoms with Gasteiger partial charge in [0, 0.05) is 16.0 Å². The number of benzene rings is 2. The second-order valence-electron chi connectivity index (χ2n) is 5.52. The Balaban J connectivity index is 1.59. The summed E-state index contributed by atoms with van der Waals surface area (Å²) in [7, 11) is 1.62. The average Bonchev–Trinajstić information content (AvgIpc) is 3.11. The van der Waals surface area contributed by atoms with E-state index in [-0.39, 0.29) is 12.5 Å². The monoisotopic (exact) mass is 388 g/mol. The number of methoxy groups -OCH3 is 1. The first-order chi connectivity index (χ1) is 12.5. The third-order valence-electron chi connectivity index (χ3n) is 3.62. The smallest absolute Gasteiger partial charge is 0.264 e. The number of hydrogen-bond donors (Lipinski definition) is 1. The fourth-order valence-electron chi connectivity index (χ4n) is 2.26. The molecular weight excluding hydrogens is 372 g/mol. The third-order valence-corrected chi connectivity index (χ3v) is 4.80. The van der Waals surface area contributed by atoms with Gasteiger partial charge in [-0.15, -0.1) is 11.3 Å². The molecule has 0 aliphatic heterocycles. The molecular formula is C19H17ClN2O3S. The van der Waals surface area contributed by atoms with E-state index in [0.717, 1.165) is 22.6 Å². The van der Waals surface area contributed by atoms with E-state index in [2.05, 4.69) is 10.3 Å². The molecule has 26 heavy (non-hydrogen) atoms. The number of ether oxygens (including phenoxy) is 2. The van der Waals surface area contributed by atoms with Crippen molar-refractivity contribution in [1.82, 2.24) is 4.98 Å². The molecule has 1 aromatic heterocycles. The first-order valence-corrected chi connectivity index (χ1v) is 9.09. The lowest BCUT2D eigenvalue weighted by atomic mass is 10.2. The van der Waals surface area contributed by atoms with Crippen molar-refractivity contribution in [1.29, 1.82) is 0 Å². The minimum absolute atomic E-state index is 0.102. The van der Waals surface area contributed by atoms with Crippen molar-refractivity contribution in [3.05, 3.63) is 58.4 Å². The van der Waals surface area contributed by atoms with E-state index in [1.807, 2.05) is 36.6 Å². The predicted octanol–water partition coefficient (Wildman–Crippen LogP) is 4.80. The number of thiazole rings is 1. The highest BCUT2D eigenvalue weighted by Crippen LogP contribution is 2.27. The van der Waals surface area contributed by atoms with Crippen molar-refractivity contribution in [2.45, 2.75) is 6.92 Å². The molecule has 0 spiro atoms. The van der Waals surface area contributed by atoms with Gasteiger partial charge in [-0.2, -0.15) is 0 Å². The molecule has 0 aliphatic carbocycles. The SMILES string of the molecule is COc1cccc(-c2csc(NC(=O)COc3ccc(Cl)c(C)c3)n2)c1. The molecule has 0 aliphatic rings. The number of aromatic nitrogens is 1. The van der Waals surface area contributed by atoms with Crippen molar-refractivity contribution in [2.75, 3.05) is 19.0 Å². The molecule has 2 aromatic carbocycles. The summed E-state index contributed by atoms with van der Waals surface area (Å²) in [5.41, 5.74) is 2.60. The Kier molecular flexibility index (Phi) is 5.75. The van der Waals surface area contributed by atoms with Crippen LogP contribution in [0.2, 0.25) is 5.02 Å². The summed E-state index contributed by atoms with van der Waals surface area (Å²) in [5.74, 6) is 1.08. The van der Waals surface area contributed by atoms with Gasteiger partial charge >= 0.3 is 0 Å². The molecule has 1 heterocycles. The van der Waals surface area contributed by atoms with Crippen molar-refractivity contribution in [3.63, 3.8) is 0 Å². The van der Waals surface area contributed by atoms with Crippen molar-refractivity contribution >= 4 is 34.0 Å². The Labute approximate surface area is 160 Å². The predicted molar refractivity (Wildman–Crippen MR) is 104 cm³/mol. The minimum atomic E-state index is -0.274. The van der Waals surface area contributed by atoms with Crippen LogP contribution in [-0.2, 0) is 4.79 Å². The van der Waals surface area contributed by atoms with Crippen LogP contribution in [-0.4, -0.2) is 24.6 Å². The van der Waals surface area contributed by atoms with E-state index in [0.29, 0.717) is 15.9 Å². The summed E-state index contributed by atoms with van der Waals surface area (Å²) >= 11 is 7.33. The van der Waals surface area contributed by atoms with Gasteiger partial charge in [0.15, 0.2) is 11.7 Å². The van der Waals surface area contributed by atoms with E-state index in [1.54, 1.807) is 25.3 Å². The normalized spacial score (nSPS) is 10.4. The quantitative estimate of drug-likeness (QED) is 0.659. The molecule has 0 saturated heterocycles. The Morgan fingerprint density at radius 2 is 2.08 bits per heavy atom. The number of carbonyl (C=O) groups excluding carboxylic acids is 1. The molecule has 0 unspecified atom stereocenters. The first-order valence-electron chi connectivity index (χ1n) is 7.84. The molecule has 0 bridgehead atoms. The molecule has 1 amide bonds. The van der Waals surface area contributed by atoms with Gasteiger partial charge in [0.2, 0.25) is 0 Å². The van der Waals surface area contributed by atoms with Crippen molar-refractivity contribution in [3.8, 4) is 22.8 Å². The number of hydrogen-bond acceptors (Lipinski definition) is 5. The molecule has 0 atom stereocenters. The second-order valence-corrected chi connectivity index (χ2v) is 6.78. The number of carbonyl (C=O) groups is 1. The highest BCUT2D eigenvalue weighted by molar-refractivity contribution is 7.14. The van der Waals surface area contributed by atoms with Gasteiger partial charge in [0.05, 0.1) is 12.8 Å². The Hall–Kier alpha value is -2.57. The lowest BCUT2D eigenvalue weighted by Gasteiger charge is -2.07. The van der Waals surface area contributed by atoms with Crippen LogP contribution >= 0.6 is 22.9 Å². The molecule has 3 aromatic rings. The lowest BCUT2D eigenvalue weighted by molar-refractivity contribution is -0.118. The van der Waals surface area contributed by atoms with Crippen LogP contribution in [0.5, 0.6) is 11.5 Å². The summed E-state index contributed by atoms with van der Waals surface area (Å²) in [6.45, 7) is 1.78. The van der Waals surface area contributed by atoms with Crippen LogP contribution in [0.3, 0.4) is 0 Å². The minimum Gasteiger partial charge on any atom is -0.497 e. The van der Waals surface area contributed by atoms with Gasteiger partial charge in [-0.25, -0.2) is 4.98 Å². The van der Waals surface area contributed by atoms with Gasteiger partial charge in [-0.1, -0.05) is 23.7 Å². The summed E-state index contributed by atoms with van der Waals surface area (Å²) < 4.78 is 10.7. The average molecular weight is 389 g/mol. The van der Waals surface area contributed by atoms with Gasteiger partial charge in [-0.05, 0) is 42.8 Å². The summed E-state index contributed by atoms with van der Waals surface area (Å²) in [5, 5.41) is 5.80. The molecule has 5 nitrogen and oxygen atoms in total. The largest absolute Gasteiger partial charge is 0.497 e. The third kappa shape index (κ3) is 4.53. The molecule has 3 rings (SSSR count). The number of nitrogens with one attached hydrogen (secondary N) is 1. The van der Waals surface area contributed by atoms with Gasteiger partial charge in [0.1, 0.15) is 11.5 Å². The standard InChI is InChI=1S/C19H17ClN2O3S/c1-12-8-15(6-7-16(12)20)25-10-18(23)22-19-21-17(11-26-19)13-4-3-5-14(9-13)24-2/h3-9,11H,10H2,1-2H3,(H,21,22,23). The Morgan fingerprint density at radius 1 is 1.23 bits per heavy atom. The van der Waals surface area contributed by atoms with Crippen LogP contribution in [0, 0.1) is 6.92 Å². The topological polar surface area (TPSA) is 60.5 Å². The van der Waals surface area contributed by atoms with Crippen LogP contribution in [0.15, 0.2) is 47.8 Å². The molecule has 1 N–H and O–H groups in total. The summed E-state index contributed by atoms with van der Waals surface area (Å²) in [6.07, 6.45) is 0. The number of nitrogens with zero attached hydrogens (tertiary/aromatic N) is 1. The number of anilines is 1. The lowest BCUT2D eigenvalue weighted by Crippen LogP contribution is -2.20. The number of aryl methyl sites for hydroxylation is 1. The summed E-state index contributed by atoms with van der Waals surface area (Å²) in [4.78, 5) is 16.5. The van der Waals surface area contributed by atoms with E-state index in [1.165, 1.54) is 11.3 Å². The number of halogens is 1. The number of amides is 1. The molecule has 7 heteroatoms. The second kappa shape index (κ2) is 8.21. The summed E-state index contributed by atoms with van der Waals surface area (Å²) in [6, 6.07) is 12.9. The van der Waals surface area contributed by atoms with Crippen LogP contribution in [0.4, 0.5) is 5.13 Å². The maximum Gasteiger partial charge on any atom is 0.264 e. The zero-order chi connectivity index (χ0) is 18.5. The van der Waals surface area contributed by atoms with Crippen molar-refractivity contribution < 1.29 is 14.3 Å². The van der Waals surface area contributed by atoms with E-state index < -0.39 is 0 Å². The highest BCUT2D eigenvalue weighted by atomic mass is 35.5.